The normalized spacial score (nSPS) is 11.3. The van der Waals surface area contributed by atoms with Gasteiger partial charge >= 0.3 is 0 Å². The molecule has 0 amide bonds. The molecule has 0 bridgehead atoms. The Morgan fingerprint density at radius 1 is 1.30 bits per heavy atom. The highest BCUT2D eigenvalue weighted by Crippen LogP contribution is 2.32. The average Bonchev–Trinajstić information content (AvgIpc) is 2.62. The molecule has 2 rings (SSSR count). The standard InChI is InChI=1S/C16H17N3O7S/c1-3-26-12-4-6-13(7-5-12)27(23,24)18-17-10-11-8-15(20)16(25-2)9-14(11)19(21)22/h4-10,18,20H,3H2,1-2H3/b17-10+. The van der Waals surface area contributed by atoms with Gasteiger partial charge in [-0.25, -0.2) is 4.83 Å². The number of aromatic hydroxyl groups is 1. The largest absolute Gasteiger partial charge is 0.504 e. The van der Waals surface area contributed by atoms with Crippen molar-refractivity contribution in [3.8, 4) is 17.2 Å². The van der Waals surface area contributed by atoms with E-state index < -0.39 is 20.6 Å². The van der Waals surface area contributed by atoms with Crippen molar-refractivity contribution in [3.05, 3.63) is 52.1 Å². The Labute approximate surface area is 155 Å². The predicted octanol–water partition coefficient (Wildman–Crippen LogP) is 2.02. The summed E-state index contributed by atoms with van der Waals surface area (Å²) >= 11 is 0. The first-order chi connectivity index (χ1) is 12.8. The molecule has 2 aromatic rings. The van der Waals surface area contributed by atoms with Gasteiger partial charge in [0.1, 0.15) is 5.75 Å². The van der Waals surface area contributed by atoms with Crippen molar-refractivity contribution in [2.75, 3.05) is 13.7 Å². The van der Waals surface area contributed by atoms with E-state index in [4.69, 9.17) is 9.47 Å². The Hall–Kier alpha value is -3.34. The Balaban J connectivity index is 2.23. The third-order valence-corrected chi connectivity index (χ3v) is 4.58. The van der Waals surface area contributed by atoms with E-state index in [0.717, 1.165) is 18.3 Å². The summed E-state index contributed by atoms with van der Waals surface area (Å²) in [7, 11) is -2.73. The second-order valence-electron chi connectivity index (χ2n) is 5.10. The summed E-state index contributed by atoms with van der Waals surface area (Å²) in [5.74, 6) is 0.0806. The molecule has 0 saturated heterocycles. The van der Waals surface area contributed by atoms with Crippen LogP contribution in [-0.2, 0) is 10.0 Å². The fraction of sp³-hybridized carbons (Fsp3) is 0.188. The first-order valence-electron chi connectivity index (χ1n) is 7.61. The van der Waals surface area contributed by atoms with Crippen LogP contribution in [0.3, 0.4) is 0 Å². The van der Waals surface area contributed by atoms with Gasteiger partial charge in [-0.3, -0.25) is 10.1 Å². The second-order valence-corrected chi connectivity index (χ2v) is 6.76. The van der Waals surface area contributed by atoms with Crippen molar-refractivity contribution < 1.29 is 27.9 Å². The van der Waals surface area contributed by atoms with Gasteiger partial charge in [-0.2, -0.15) is 13.5 Å². The lowest BCUT2D eigenvalue weighted by molar-refractivity contribution is -0.385. The highest BCUT2D eigenvalue weighted by Gasteiger charge is 2.18. The molecule has 27 heavy (non-hydrogen) atoms. The number of hydrogen-bond donors (Lipinski definition) is 2. The van der Waals surface area contributed by atoms with Gasteiger partial charge < -0.3 is 14.6 Å². The number of nitro groups is 1. The maximum Gasteiger partial charge on any atom is 0.282 e. The molecule has 0 saturated carbocycles. The van der Waals surface area contributed by atoms with E-state index in [0.29, 0.717) is 12.4 Å². The number of methoxy groups -OCH3 is 1. The number of nitrogens with one attached hydrogen (secondary N) is 1. The van der Waals surface area contributed by atoms with Crippen molar-refractivity contribution in [3.63, 3.8) is 0 Å². The molecular weight excluding hydrogens is 378 g/mol. The van der Waals surface area contributed by atoms with Gasteiger partial charge in [0, 0.05) is 0 Å². The van der Waals surface area contributed by atoms with Crippen LogP contribution in [0.5, 0.6) is 17.2 Å². The number of phenolic OH excluding ortho intramolecular Hbond substituents is 1. The number of ether oxygens (including phenoxy) is 2. The minimum Gasteiger partial charge on any atom is -0.504 e. The van der Waals surface area contributed by atoms with E-state index in [9.17, 15) is 23.6 Å². The zero-order valence-corrected chi connectivity index (χ0v) is 15.3. The van der Waals surface area contributed by atoms with E-state index in [1.807, 2.05) is 4.83 Å². The molecule has 2 aromatic carbocycles. The lowest BCUT2D eigenvalue weighted by Crippen LogP contribution is -2.18. The molecule has 0 aromatic heterocycles. The van der Waals surface area contributed by atoms with Gasteiger partial charge in [0.2, 0.25) is 0 Å². The summed E-state index contributed by atoms with van der Waals surface area (Å²) in [6.45, 7) is 2.25. The van der Waals surface area contributed by atoms with Crippen LogP contribution in [-0.4, -0.2) is 38.4 Å². The maximum absolute atomic E-state index is 12.2. The van der Waals surface area contributed by atoms with E-state index in [-0.39, 0.29) is 22.0 Å². The molecular formula is C16H17N3O7S. The number of nitro benzene ring substituents is 1. The summed E-state index contributed by atoms with van der Waals surface area (Å²) in [5, 5.41) is 24.4. The van der Waals surface area contributed by atoms with E-state index in [1.54, 1.807) is 6.92 Å². The Kier molecular flexibility index (Phi) is 6.19. The third-order valence-electron chi connectivity index (χ3n) is 3.35. The predicted molar refractivity (Wildman–Crippen MR) is 96.8 cm³/mol. The summed E-state index contributed by atoms with van der Waals surface area (Å²) in [5.41, 5.74) is -0.513. The fourth-order valence-electron chi connectivity index (χ4n) is 2.10. The van der Waals surface area contributed by atoms with Crippen LogP contribution < -0.4 is 14.3 Å². The van der Waals surface area contributed by atoms with Crippen molar-refractivity contribution in [2.45, 2.75) is 11.8 Å². The smallest absolute Gasteiger partial charge is 0.282 e. The van der Waals surface area contributed by atoms with Gasteiger partial charge in [0.15, 0.2) is 11.5 Å². The summed E-state index contributed by atoms with van der Waals surface area (Å²) < 4.78 is 34.5. The minimum absolute atomic E-state index is 0.0600. The Morgan fingerprint density at radius 3 is 2.52 bits per heavy atom. The minimum atomic E-state index is -3.98. The SMILES string of the molecule is CCOc1ccc(S(=O)(=O)N/N=C/c2cc(O)c(OC)cc2[N+](=O)[O-])cc1. The van der Waals surface area contributed by atoms with Crippen molar-refractivity contribution in [1.29, 1.82) is 0 Å². The molecule has 0 aliphatic heterocycles. The highest BCUT2D eigenvalue weighted by atomic mass is 32.2. The summed E-state index contributed by atoms with van der Waals surface area (Å²) in [6, 6.07) is 7.72. The van der Waals surface area contributed by atoms with Crippen molar-refractivity contribution in [1.82, 2.24) is 4.83 Å². The Morgan fingerprint density at radius 2 is 1.96 bits per heavy atom. The lowest BCUT2D eigenvalue weighted by Gasteiger charge is -2.06. The number of benzene rings is 2. The molecule has 0 atom stereocenters. The number of nitrogens with zero attached hydrogens (tertiary/aromatic N) is 2. The Bertz CT molecular complexity index is 957. The molecule has 0 unspecified atom stereocenters. The lowest BCUT2D eigenvalue weighted by atomic mass is 10.1. The van der Waals surface area contributed by atoms with Crippen LogP contribution in [0.15, 0.2) is 46.4 Å². The summed E-state index contributed by atoms with van der Waals surface area (Å²) in [6.07, 6.45) is 0.920. The molecule has 0 heterocycles. The molecule has 0 fully saturated rings. The third kappa shape index (κ3) is 4.85. The highest BCUT2D eigenvalue weighted by molar-refractivity contribution is 7.89. The number of hydrazone groups is 1. The molecule has 0 aliphatic rings. The van der Waals surface area contributed by atoms with E-state index in [2.05, 4.69) is 5.10 Å². The van der Waals surface area contributed by atoms with Crippen LogP contribution in [0, 0.1) is 10.1 Å². The molecule has 2 N–H and O–H groups in total. The van der Waals surface area contributed by atoms with Gasteiger partial charge in [-0.1, -0.05) is 0 Å². The molecule has 0 radical (unpaired) electrons. The van der Waals surface area contributed by atoms with Crippen LogP contribution in [0.25, 0.3) is 0 Å². The van der Waals surface area contributed by atoms with Crippen LogP contribution >= 0.6 is 0 Å². The van der Waals surface area contributed by atoms with E-state index in [1.165, 1.54) is 31.4 Å². The van der Waals surface area contributed by atoms with Crippen LogP contribution in [0.4, 0.5) is 5.69 Å². The number of phenols is 1. The molecule has 144 valence electrons. The maximum atomic E-state index is 12.2. The number of rotatable bonds is 8. The molecule has 10 nitrogen and oxygen atoms in total. The van der Waals surface area contributed by atoms with Gasteiger partial charge in [-0.15, -0.1) is 0 Å². The number of hydrogen-bond acceptors (Lipinski definition) is 8. The quantitative estimate of drug-likeness (QED) is 0.396. The fourth-order valence-corrected chi connectivity index (χ4v) is 2.89. The van der Waals surface area contributed by atoms with Gasteiger partial charge in [-0.05, 0) is 37.3 Å². The molecule has 0 aliphatic carbocycles. The van der Waals surface area contributed by atoms with Crippen LogP contribution in [0.1, 0.15) is 12.5 Å². The molecule has 0 spiro atoms. The topological polar surface area (TPSA) is 140 Å². The van der Waals surface area contributed by atoms with Gasteiger partial charge in [0.25, 0.3) is 15.7 Å². The first kappa shape index (κ1) is 20.0. The molecule has 11 heteroatoms. The van der Waals surface area contributed by atoms with Gasteiger partial charge in [0.05, 0.1) is 41.4 Å². The summed E-state index contributed by atoms with van der Waals surface area (Å²) in [4.78, 5) is 12.3. The van der Waals surface area contributed by atoms with Crippen LogP contribution in [0.2, 0.25) is 0 Å². The van der Waals surface area contributed by atoms with E-state index >= 15 is 0 Å². The van der Waals surface area contributed by atoms with Crippen molar-refractivity contribution >= 4 is 21.9 Å². The van der Waals surface area contributed by atoms with Crippen molar-refractivity contribution in [2.24, 2.45) is 5.10 Å². The second kappa shape index (κ2) is 8.36. The average molecular weight is 395 g/mol. The first-order valence-corrected chi connectivity index (χ1v) is 9.10. The zero-order chi connectivity index (χ0) is 20.0. The zero-order valence-electron chi connectivity index (χ0n) is 14.4. The monoisotopic (exact) mass is 395 g/mol. The number of sulfonamides is 1.